The van der Waals surface area contributed by atoms with E-state index in [9.17, 15) is 19.5 Å². The molecule has 0 unspecified atom stereocenters. The minimum absolute atomic E-state index is 0.0234. The molecule has 0 fully saturated rings. The Morgan fingerprint density at radius 1 is 0.933 bits per heavy atom. The Labute approximate surface area is 177 Å². The average Bonchev–Trinajstić information content (AvgIpc) is 2.68. The van der Waals surface area contributed by atoms with E-state index in [4.69, 9.17) is 16.6 Å². The van der Waals surface area contributed by atoms with Crippen LogP contribution >= 0.6 is 0 Å². The van der Waals surface area contributed by atoms with Gasteiger partial charge in [0, 0.05) is 31.0 Å². The maximum Gasteiger partial charge on any atom is 0.305 e. The minimum Gasteiger partial charge on any atom is -0.481 e. The summed E-state index contributed by atoms with van der Waals surface area (Å²) in [4.78, 5) is 35.9. The molecule has 0 aliphatic carbocycles. The van der Waals surface area contributed by atoms with Crippen molar-refractivity contribution < 1.29 is 24.6 Å². The first-order valence-corrected chi connectivity index (χ1v) is 10.2. The highest BCUT2D eigenvalue weighted by Crippen LogP contribution is 2.09. The van der Waals surface area contributed by atoms with E-state index in [0.717, 1.165) is 18.4 Å². The zero-order valence-electron chi connectivity index (χ0n) is 17.3. The highest BCUT2D eigenvalue weighted by molar-refractivity contribution is 5.80. The zero-order chi connectivity index (χ0) is 22.4. The first-order chi connectivity index (χ1) is 14.3. The number of aliphatic hydroxyl groups is 1. The number of carbonyl (C=O) groups is 3. The standard InChI is InChI=1S/C21H34N4O5/c22-9-5-4-8-17(24-19(27)11-16(23)14-26)12-20(28)25-18(13-21(29)30)10-15-6-2-1-3-7-15/h1-3,6-7,16-18,26H,4-5,8-14,22-23H2,(H,24,27)(H,25,28)(H,29,30)/t16-,17+,18+/m1/s1. The number of nitrogens with two attached hydrogens (primary N) is 2. The van der Waals surface area contributed by atoms with Crippen LogP contribution in [-0.4, -0.2) is 59.3 Å². The largest absolute Gasteiger partial charge is 0.481 e. The van der Waals surface area contributed by atoms with Gasteiger partial charge in [-0.3, -0.25) is 14.4 Å². The van der Waals surface area contributed by atoms with Crippen LogP contribution in [0, 0.1) is 0 Å². The van der Waals surface area contributed by atoms with E-state index in [2.05, 4.69) is 10.6 Å². The fraction of sp³-hybridized carbons (Fsp3) is 0.571. The lowest BCUT2D eigenvalue weighted by Crippen LogP contribution is -2.44. The van der Waals surface area contributed by atoms with E-state index in [1.54, 1.807) is 0 Å². The van der Waals surface area contributed by atoms with Crippen LogP contribution in [0.5, 0.6) is 0 Å². The number of amides is 2. The first kappa shape index (κ1) is 25.5. The molecular formula is C21H34N4O5. The van der Waals surface area contributed by atoms with Crippen LogP contribution in [0.25, 0.3) is 0 Å². The van der Waals surface area contributed by atoms with Crippen molar-refractivity contribution in [2.75, 3.05) is 13.2 Å². The molecule has 1 rings (SSSR count). The molecule has 9 nitrogen and oxygen atoms in total. The second-order valence-electron chi connectivity index (χ2n) is 7.45. The number of benzene rings is 1. The Kier molecular flexibility index (Phi) is 12.3. The molecule has 0 aliphatic heterocycles. The van der Waals surface area contributed by atoms with Gasteiger partial charge < -0.3 is 32.3 Å². The highest BCUT2D eigenvalue weighted by atomic mass is 16.4. The van der Waals surface area contributed by atoms with Gasteiger partial charge in [0.2, 0.25) is 11.8 Å². The maximum absolute atomic E-state index is 12.6. The van der Waals surface area contributed by atoms with E-state index >= 15 is 0 Å². The summed E-state index contributed by atoms with van der Waals surface area (Å²) in [6.07, 6.45) is 2.25. The van der Waals surface area contributed by atoms with Crippen molar-refractivity contribution in [1.29, 1.82) is 0 Å². The number of unbranched alkanes of at least 4 members (excludes halogenated alkanes) is 1. The molecule has 0 bridgehead atoms. The Morgan fingerprint density at radius 2 is 1.57 bits per heavy atom. The molecule has 0 saturated heterocycles. The van der Waals surface area contributed by atoms with Crippen LogP contribution in [0.15, 0.2) is 30.3 Å². The van der Waals surface area contributed by atoms with Crippen molar-refractivity contribution in [2.24, 2.45) is 11.5 Å². The summed E-state index contributed by atoms with van der Waals surface area (Å²) in [6, 6.07) is 7.70. The van der Waals surface area contributed by atoms with Gasteiger partial charge in [0.05, 0.1) is 13.0 Å². The third kappa shape index (κ3) is 11.5. The third-order valence-electron chi connectivity index (χ3n) is 4.60. The van der Waals surface area contributed by atoms with E-state index in [1.807, 2.05) is 30.3 Å². The normalized spacial score (nSPS) is 13.8. The summed E-state index contributed by atoms with van der Waals surface area (Å²) in [6.45, 7) is 0.210. The van der Waals surface area contributed by atoms with Crippen LogP contribution in [0.1, 0.15) is 44.1 Å². The minimum atomic E-state index is -0.998. The molecule has 9 heteroatoms. The quantitative estimate of drug-likeness (QED) is 0.215. The molecule has 168 valence electrons. The van der Waals surface area contributed by atoms with Gasteiger partial charge in [-0.2, -0.15) is 0 Å². The summed E-state index contributed by atoms with van der Waals surface area (Å²) in [5, 5.41) is 23.7. The predicted octanol–water partition coefficient (Wildman–Crippen LogP) is -0.0978. The number of carboxylic acids is 1. The number of hydrogen-bond donors (Lipinski definition) is 6. The second-order valence-corrected chi connectivity index (χ2v) is 7.45. The van der Waals surface area contributed by atoms with E-state index in [-0.39, 0.29) is 37.7 Å². The Balaban J connectivity index is 2.70. The van der Waals surface area contributed by atoms with Gasteiger partial charge >= 0.3 is 5.97 Å². The number of aliphatic carboxylic acids is 1. The summed E-state index contributed by atoms with van der Waals surface area (Å²) >= 11 is 0. The maximum atomic E-state index is 12.6. The Bertz CT molecular complexity index is 656. The van der Waals surface area contributed by atoms with Crippen LogP contribution in [0.2, 0.25) is 0 Å². The lowest BCUT2D eigenvalue weighted by molar-refractivity contribution is -0.137. The van der Waals surface area contributed by atoms with Crippen LogP contribution in [-0.2, 0) is 20.8 Å². The summed E-state index contributed by atoms with van der Waals surface area (Å²) < 4.78 is 0. The van der Waals surface area contributed by atoms with Crippen LogP contribution in [0.4, 0.5) is 0 Å². The molecule has 0 spiro atoms. The van der Waals surface area contributed by atoms with Gasteiger partial charge in [-0.1, -0.05) is 36.8 Å². The van der Waals surface area contributed by atoms with Gasteiger partial charge in [-0.15, -0.1) is 0 Å². The van der Waals surface area contributed by atoms with E-state index in [1.165, 1.54) is 0 Å². The molecule has 0 saturated carbocycles. The number of rotatable bonds is 15. The van der Waals surface area contributed by atoms with Crippen molar-refractivity contribution in [3.05, 3.63) is 35.9 Å². The lowest BCUT2D eigenvalue weighted by Gasteiger charge is -2.22. The van der Waals surface area contributed by atoms with Gasteiger partial charge in [-0.25, -0.2) is 0 Å². The SMILES string of the molecule is NCCCC[C@@H](CC(=O)N[C@H](CC(=O)O)Cc1ccccc1)NC(=O)C[C@@H](N)CO. The molecule has 3 atom stereocenters. The number of aliphatic hydroxyl groups excluding tert-OH is 1. The molecule has 8 N–H and O–H groups in total. The fourth-order valence-electron chi connectivity index (χ4n) is 3.14. The van der Waals surface area contributed by atoms with Gasteiger partial charge in [-0.05, 0) is 31.4 Å². The van der Waals surface area contributed by atoms with Gasteiger partial charge in [0.15, 0.2) is 0 Å². The highest BCUT2D eigenvalue weighted by Gasteiger charge is 2.21. The van der Waals surface area contributed by atoms with E-state index < -0.39 is 24.1 Å². The van der Waals surface area contributed by atoms with Crippen molar-refractivity contribution in [3.63, 3.8) is 0 Å². The number of nitrogens with one attached hydrogen (secondary N) is 2. The molecule has 0 aliphatic rings. The lowest BCUT2D eigenvalue weighted by atomic mass is 10.0. The molecule has 0 radical (unpaired) electrons. The molecule has 30 heavy (non-hydrogen) atoms. The average molecular weight is 423 g/mol. The van der Waals surface area contributed by atoms with Gasteiger partial charge in [0.1, 0.15) is 0 Å². The summed E-state index contributed by atoms with van der Waals surface area (Å²) in [5.74, 6) is -1.67. The number of carbonyl (C=O) groups excluding carboxylic acids is 2. The second kappa shape index (κ2) is 14.5. The number of carboxylic acid groups (broad SMARTS) is 1. The van der Waals surface area contributed by atoms with Crippen molar-refractivity contribution in [1.82, 2.24) is 10.6 Å². The van der Waals surface area contributed by atoms with Gasteiger partial charge in [0.25, 0.3) is 0 Å². The first-order valence-electron chi connectivity index (χ1n) is 10.2. The monoisotopic (exact) mass is 422 g/mol. The summed E-state index contributed by atoms with van der Waals surface area (Å²) in [7, 11) is 0. The predicted molar refractivity (Wildman–Crippen MR) is 113 cm³/mol. The zero-order valence-corrected chi connectivity index (χ0v) is 17.3. The molecule has 0 aromatic heterocycles. The van der Waals surface area contributed by atoms with Crippen molar-refractivity contribution in [3.8, 4) is 0 Å². The number of hydrogen-bond acceptors (Lipinski definition) is 6. The third-order valence-corrected chi connectivity index (χ3v) is 4.60. The van der Waals surface area contributed by atoms with E-state index in [0.29, 0.717) is 19.4 Å². The summed E-state index contributed by atoms with van der Waals surface area (Å²) in [5.41, 5.74) is 12.0. The molecule has 0 heterocycles. The smallest absolute Gasteiger partial charge is 0.305 e. The molecule has 1 aromatic carbocycles. The Morgan fingerprint density at radius 3 is 2.17 bits per heavy atom. The molecule has 2 amide bonds. The van der Waals surface area contributed by atoms with Crippen LogP contribution in [0.3, 0.4) is 0 Å². The van der Waals surface area contributed by atoms with Crippen LogP contribution < -0.4 is 22.1 Å². The van der Waals surface area contributed by atoms with Crippen molar-refractivity contribution in [2.45, 2.75) is 63.1 Å². The van der Waals surface area contributed by atoms with Crippen molar-refractivity contribution >= 4 is 17.8 Å². The molecule has 1 aromatic rings. The fourth-order valence-corrected chi connectivity index (χ4v) is 3.14. The Hall–Kier alpha value is -2.49. The molecular weight excluding hydrogens is 388 g/mol. The topological polar surface area (TPSA) is 168 Å².